The number of aryl methyl sites for hydroxylation is 1. The Labute approximate surface area is 82.7 Å². The van der Waals surface area contributed by atoms with Crippen molar-refractivity contribution in [3.05, 3.63) is 29.8 Å². The Hall–Kier alpha value is -1.77. The molecule has 0 amide bonds. The number of nitrogens with two attached hydrogens (primary N) is 2. The first kappa shape index (κ1) is 8.81. The Bertz CT molecular complexity index is 477. The van der Waals surface area contributed by atoms with Gasteiger partial charge in [0.15, 0.2) is 0 Å². The average molecular weight is 187 g/mol. The lowest BCUT2D eigenvalue weighted by molar-refractivity contribution is 1.13. The topological polar surface area (TPSA) is 64.9 Å². The van der Waals surface area contributed by atoms with Crippen molar-refractivity contribution in [2.75, 3.05) is 11.5 Å². The van der Waals surface area contributed by atoms with Crippen molar-refractivity contribution in [1.29, 1.82) is 0 Å². The molecule has 0 saturated heterocycles. The molecule has 0 fully saturated rings. The number of benzene rings is 1. The highest BCUT2D eigenvalue weighted by Gasteiger charge is 2.01. The van der Waals surface area contributed by atoms with E-state index < -0.39 is 0 Å². The molecular weight excluding hydrogens is 174 g/mol. The number of rotatable bonds is 1. The number of nitrogen functional groups attached to an aromatic ring is 2. The van der Waals surface area contributed by atoms with E-state index in [1.54, 1.807) is 0 Å². The fraction of sp³-hybridized carbons (Fsp3) is 0.182. The van der Waals surface area contributed by atoms with Crippen LogP contribution in [0.3, 0.4) is 0 Å². The summed E-state index contributed by atoms with van der Waals surface area (Å²) in [7, 11) is 0. The number of anilines is 2. The minimum absolute atomic E-state index is 0.616. The van der Waals surface area contributed by atoms with Crippen LogP contribution in [0.2, 0.25) is 0 Å². The first-order valence-electron chi connectivity index (χ1n) is 4.65. The molecule has 0 aliphatic carbocycles. The van der Waals surface area contributed by atoms with Gasteiger partial charge in [0.05, 0.1) is 5.52 Å². The van der Waals surface area contributed by atoms with Crippen LogP contribution in [-0.2, 0) is 6.42 Å². The van der Waals surface area contributed by atoms with Gasteiger partial charge in [-0.05, 0) is 36.2 Å². The van der Waals surface area contributed by atoms with Crippen LogP contribution in [0.25, 0.3) is 10.9 Å². The van der Waals surface area contributed by atoms with Crippen molar-refractivity contribution in [1.82, 2.24) is 4.98 Å². The zero-order chi connectivity index (χ0) is 10.1. The molecule has 14 heavy (non-hydrogen) atoms. The maximum atomic E-state index is 5.79. The van der Waals surface area contributed by atoms with Gasteiger partial charge >= 0.3 is 0 Å². The Morgan fingerprint density at radius 1 is 1.21 bits per heavy atom. The molecule has 2 aromatic rings. The summed E-state index contributed by atoms with van der Waals surface area (Å²) in [5.74, 6) is 0.616. The van der Waals surface area contributed by atoms with Crippen LogP contribution in [0.4, 0.5) is 11.5 Å². The molecular formula is C11H13N3. The third-order valence-electron chi connectivity index (χ3n) is 2.33. The summed E-state index contributed by atoms with van der Waals surface area (Å²) in [4.78, 5) is 4.31. The third-order valence-corrected chi connectivity index (χ3v) is 2.33. The van der Waals surface area contributed by atoms with E-state index in [9.17, 15) is 0 Å². The summed E-state index contributed by atoms with van der Waals surface area (Å²) in [6.07, 6.45) is 0.892. The molecule has 0 saturated carbocycles. The summed E-state index contributed by atoms with van der Waals surface area (Å²) in [5, 5.41) is 1.05. The van der Waals surface area contributed by atoms with Crippen molar-refractivity contribution in [3.8, 4) is 0 Å². The van der Waals surface area contributed by atoms with Gasteiger partial charge in [0.1, 0.15) is 5.82 Å². The van der Waals surface area contributed by atoms with Gasteiger partial charge in [-0.25, -0.2) is 4.98 Å². The van der Waals surface area contributed by atoms with Crippen molar-refractivity contribution in [3.63, 3.8) is 0 Å². The smallest absolute Gasteiger partial charge is 0.127 e. The predicted molar refractivity (Wildman–Crippen MR) is 59.9 cm³/mol. The van der Waals surface area contributed by atoms with E-state index in [2.05, 4.69) is 11.9 Å². The lowest BCUT2D eigenvalue weighted by Crippen LogP contribution is -1.97. The van der Waals surface area contributed by atoms with Gasteiger partial charge in [0.25, 0.3) is 0 Å². The van der Waals surface area contributed by atoms with Crippen LogP contribution in [0, 0.1) is 0 Å². The number of hydrogen-bond acceptors (Lipinski definition) is 3. The molecule has 2 rings (SSSR count). The summed E-state index contributed by atoms with van der Waals surface area (Å²) in [6, 6.07) is 7.69. The molecule has 0 radical (unpaired) electrons. The predicted octanol–water partition coefficient (Wildman–Crippen LogP) is 1.96. The second kappa shape index (κ2) is 3.18. The fourth-order valence-electron chi connectivity index (χ4n) is 1.54. The quantitative estimate of drug-likeness (QED) is 0.671. The molecule has 1 heterocycles. The summed E-state index contributed by atoms with van der Waals surface area (Å²) < 4.78 is 0. The Kier molecular flexibility index (Phi) is 2.00. The lowest BCUT2D eigenvalue weighted by Gasteiger charge is -2.05. The highest BCUT2D eigenvalue weighted by Crippen LogP contribution is 2.20. The van der Waals surface area contributed by atoms with Crippen molar-refractivity contribution in [2.45, 2.75) is 13.3 Å². The van der Waals surface area contributed by atoms with E-state index in [0.717, 1.165) is 28.6 Å². The van der Waals surface area contributed by atoms with Crippen molar-refractivity contribution >= 4 is 22.4 Å². The van der Waals surface area contributed by atoms with E-state index in [1.165, 1.54) is 0 Å². The molecule has 0 spiro atoms. The van der Waals surface area contributed by atoms with Crippen LogP contribution in [0.1, 0.15) is 12.5 Å². The molecule has 0 atom stereocenters. The molecule has 0 unspecified atom stereocenters. The van der Waals surface area contributed by atoms with Crippen LogP contribution in [-0.4, -0.2) is 4.98 Å². The normalized spacial score (nSPS) is 10.6. The first-order valence-corrected chi connectivity index (χ1v) is 4.65. The van der Waals surface area contributed by atoms with Gasteiger partial charge in [-0.1, -0.05) is 6.92 Å². The van der Waals surface area contributed by atoms with E-state index in [-0.39, 0.29) is 0 Å². The van der Waals surface area contributed by atoms with Crippen molar-refractivity contribution < 1.29 is 0 Å². The monoisotopic (exact) mass is 187 g/mol. The minimum atomic E-state index is 0.616. The van der Waals surface area contributed by atoms with Gasteiger partial charge in [-0.3, -0.25) is 0 Å². The number of hydrogen-bond donors (Lipinski definition) is 2. The van der Waals surface area contributed by atoms with E-state index in [4.69, 9.17) is 11.5 Å². The Balaban J connectivity index is 2.73. The molecule has 3 nitrogen and oxygen atoms in total. The van der Waals surface area contributed by atoms with E-state index >= 15 is 0 Å². The Morgan fingerprint density at radius 2 is 2.00 bits per heavy atom. The number of pyridine rings is 1. The third kappa shape index (κ3) is 1.37. The summed E-state index contributed by atoms with van der Waals surface area (Å²) in [6.45, 7) is 2.06. The average Bonchev–Trinajstić information content (AvgIpc) is 2.17. The molecule has 72 valence electrons. The Morgan fingerprint density at radius 3 is 2.71 bits per heavy atom. The SMILES string of the molecule is CCc1cc2cc(N)ccc2nc1N. The van der Waals surface area contributed by atoms with Crippen LogP contribution >= 0.6 is 0 Å². The zero-order valence-electron chi connectivity index (χ0n) is 8.12. The van der Waals surface area contributed by atoms with E-state index in [1.807, 2.05) is 24.3 Å². The zero-order valence-corrected chi connectivity index (χ0v) is 8.12. The number of nitrogens with zero attached hydrogens (tertiary/aromatic N) is 1. The highest BCUT2D eigenvalue weighted by atomic mass is 14.8. The summed E-state index contributed by atoms with van der Waals surface area (Å²) in [5.41, 5.74) is 14.2. The molecule has 0 aliphatic heterocycles. The molecule has 4 N–H and O–H groups in total. The molecule has 1 aromatic carbocycles. The fourth-order valence-corrected chi connectivity index (χ4v) is 1.54. The van der Waals surface area contributed by atoms with Gasteiger partial charge in [0, 0.05) is 11.1 Å². The highest BCUT2D eigenvalue weighted by molar-refractivity contribution is 5.84. The second-order valence-electron chi connectivity index (χ2n) is 3.34. The standard InChI is InChI=1S/C11H13N3/c1-2-7-5-8-6-9(12)3-4-10(8)14-11(7)13/h3-6H,2,12H2,1H3,(H2,13,14). The maximum Gasteiger partial charge on any atom is 0.127 e. The maximum absolute atomic E-state index is 5.79. The van der Waals surface area contributed by atoms with Crippen LogP contribution < -0.4 is 11.5 Å². The molecule has 0 aliphatic rings. The molecule has 1 aromatic heterocycles. The first-order chi connectivity index (χ1) is 6.70. The largest absolute Gasteiger partial charge is 0.399 e. The molecule has 3 heteroatoms. The second-order valence-corrected chi connectivity index (χ2v) is 3.34. The number of aromatic nitrogens is 1. The van der Waals surface area contributed by atoms with Crippen LogP contribution in [0.5, 0.6) is 0 Å². The lowest BCUT2D eigenvalue weighted by atomic mass is 10.1. The van der Waals surface area contributed by atoms with Crippen LogP contribution in [0.15, 0.2) is 24.3 Å². The van der Waals surface area contributed by atoms with E-state index in [0.29, 0.717) is 5.82 Å². The van der Waals surface area contributed by atoms with Crippen molar-refractivity contribution in [2.24, 2.45) is 0 Å². The molecule has 0 bridgehead atoms. The van der Waals surface area contributed by atoms with Gasteiger partial charge in [-0.2, -0.15) is 0 Å². The number of fused-ring (bicyclic) bond motifs is 1. The van der Waals surface area contributed by atoms with Gasteiger partial charge in [0.2, 0.25) is 0 Å². The summed E-state index contributed by atoms with van der Waals surface area (Å²) >= 11 is 0. The minimum Gasteiger partial charge on any atom is -0.399 e. The van der Waals surface area contributed by atoms with Gasteiger partial charge in [-0.15, -0.1) is 0 Å². The van der Waals surface area contributed by atoms with Gasteiger partial charge < -0.3 is 11.5 Å².